The second-order valence-corrected chi connectivity index (χ2v) is 8.77. The molecule has 0 bridgehead atoms. The number of aliphatic imine (C=N–C) groups is 1. The molecular weight excluding hydrogens is 459 g/mol. The fourth-order valence-corrected chi connectivity index (χ4v) is 4.74. The predicted molar refractivity (Wildman–Crippen MR) is 125 cm³/mol. The van der Waals surface area contributed by atoms with Crippen molar-refractivity contribution in [1.82, 2.24) is 14.8 Å². The van der Waals surface area contributed by atoms with Crippen molar-refractivity contribution >= 4 is 11.7 Å². The second-order valence-electron chi connectivity index (χ2n) is 8.77. The lowest BCUT2D eigenvalue weighted by atomic mass is 9.86. The molecule has 0 saturated carbocycles. The van der Waals surface area contributed by atoms with E-state index in [1.54, 1.807) is 17.9 Å². The van der Waals surface area contributed by atoms with Crippen molar-refractivity contribution in [2.75, 3.05) is 19.0 Å². The molecule has 1 aliphatic carbocycles. The summed E-state index contributed by atoms with van der Waals surface area (Å²) in [6, 6.07) is 5.31. The van der Waals surface area contributed by atoms with Gasteiger partial charge in [-0.05, 0) is 25.0 Å². The molecule has 5 rings (SSSR count). The van der Waals surface area contributed by atoms with Gasteiger partial charge in [-0.25, -0.2) is 4.68 Å². The molecule has 0 saturated heterocycles. The molecule has 7 nitrogen and oxygen atoms in total. The molecule has 0 radical (unpaired) electrons. The summed E-state index contributed by atoms with van der Waals surface area (Å²) in [4.78, 5) is 8.85. The molecule has 0 fully saturated rings. The van der Waals surface area contributed by atoms with E-state index in [4.69, 9.17) is 9.47 Å². The second kappa shape index (κ2) is 9.33. The molecule has 35 heavy (non-hydrogen) atoms. The Bertz CT molecular complexity index is 1230. The standard InChI is InChI=1S/C25H26F3N5O2/c1-15-13-16(9-10-29-15)18-8-7-17(14-21(18)34-2)30-24-31-23-22(35-12-11-33(23)32-24)19-5-3-4-6-20(19)25(26,27)28/h3-10,16-17,22H,11-14H2,1-2H3,(H,30,32). The van der Waals surface area contributed by atoms with Gasteiger partial charge in [-0.3, -0.25) is 4.99 Å². The Morgan fingerprint density at radius 1 is 1.17 bits per heavy atom. The van der Waals surface area contributed by atoms with E-state index in [-0.39, 0.29) is 24.1 Å². The number of aromatic nitrogens is 3. The van der Waals surface area contributed by atoms with E-state index in [0.29, 0.717) is 24.7 Å². The highest BCUT2D eigenvalue weighted by Crippen LogP contribution is 2.39. The predicted octanol–water partition coefficient (Wildman–Crippen LogP) is 5.05. The monoisotopic (exact) mass is 485 g/mol. The molecule has 10 heteroatoms. The Balaban J connectivity index is 1.36. The molecule has 184 valence electrons. The van der Waals surface area contributed by atoms with Crippen LogP contribution in [0.3, 0.4) is 0 Å². The van der Waals surface area contributed by atoms with E-state index in [9.17, 15) is 13.2 Å². The van der Waals surface area contributed by atoms with Crippen molar-refractivity contribution in [2.45, 2.75) is 44.6 Å². The van der Waals surface area contributed by atoms with Gasteiger partial charge < -0.3 is 14.8 Å². The molecule has 3 heterocycles. The lowest BCUT2D eigenvalue weighted by molar-refractivity contribution is -0.139. The molecule has 1 aromatic carbocycles. The number of nitrogens with one attached hydrogen (secondary N) is 1. The van der Waals surface area contributed by atoms with E-state index in [1.807, 2.05) is 19.2 Å². The number of fused-ring (bicyclic) bond motifs is 1. The SMILES string of the molecule is COC1=C(C2C=CN=C(C)C2)C=CC(Nc2nc3n(n2)CCOC3c2ccccc2C(F)(F)F)C1. The Morgan fingerprint density at radius 2 is 2.00 bits per heavy atom. The molecule has 3 atom stereocenters. The first-order valence-electron chi connectivity index (χ1n) is 11.5. The molecule has 2 aromatic rings. The number of rotatable bonds is 5. The quantitative estimate of drug-likeness (QED) is 0.642. The number of benzene rings is 1. The van der Waals surface area contributed by atoms with Crippen LogP contribution >= 0.6 is 0 Å². The first-order valence-corrected chi connectivity index (χ1v) is 11.5. The maximum Gasteiger partial charge on any atom is 0.416 e. The zero-order valence-corrected chi connectivity index (χ0v) is 19.4. The van der Waals surface area contributed by atoms with Gasteiger partial charge in [0, 0.05) is 29.8 Å². The zero-order chi connectivity index (χ0) is 24.6. The fraction of sp³-hybridized carbons (Fsp3) is 0.400. The van der Waals surface area contributed by atoms with Crippen LogP contribution in [0.15, 0.2) is 65.0 Å². The molecular formula is C25H26F3N5O2. The first-order chi connectivity index (χ1) is 16.8. The third kappa shape index (κ3) is 4.75. The minimum atomic E-state index is -4.49. The topological polar surface area (TPSA) is 73.6 Å². The minimum Gasteiger partial charge on any atom is -0.501 e. The lowest BCUT2D eigenvalue weighted by Gasteiger charge is -2.26. The van der Waals surface area contributed by atoms with E-state index >= 15 is 0 Å². The minimum absolute atomic E-state index is 0.0334. The Hall–Kier alpha value is -3.40. The van der Waals surface area contributed by atoms with E-state index in [1.165, 1.54) is 12.1 Å². The van der Waals surface area contributed by atoms with Gasteiger partial charge in [0.1, 0.15) is 11.9 Å². The van der Waals surface area contributed by atoms with Crippen molar-refractivity contribution in [2.24, 2.45) is 10.9 Å². The van der Waals surface area contributed by atoms with Gasteiger partial charge in [-0.1, -0.05) is 36.4 Å². The highest BCUT2D eigenvalue weighted by Gasteiger charge is 2.38. The van der Waals surface area contributed by atoms with Gasteiger partial charge in [-0.15, -0.1) is 5.10 Å². The molecule has 0 spiro atoms. The van der Waals surface area contributed by atoms with Gasteiger partial charge in [0.15, 0.2) is 5.82 Å². The van der Waals surface area contributed by atoms with Crippen molar-refractivity contribution in [3.05, 3.63) is 77.0 Å². The number of hydrogen-bond acceptors (Lipinski definition) is 6. The van der Waals surface area contributed by atoms with Crippen LogP contribution < -0.4 is 5.32 Å². The van der Waals surface area contributed by atoms with Crippen LogP contribution in [0.2, 0.25) is 0 Å². The summed E-state index contributed by atoms with van der Waals surface area (Å²) < 4.78 is 53.9. The lowest BCUT2D eigenvalue weighted by Crippen LogP contribution is -2.25. The van der Waals surface area contributed by atoms with Gasteiger partial charge in [0.05, 0.1) is 31.9 Å². The first kappa shape index (κ1) is 23.3. The number of ether oxygens (including phenoxy) is 2. The average Bonchev–Trinajstić information content (AvgIpc) is 3.26. The molecule has 2 aliphatic heterocycles. The van der Waals surface area contributed by atoms with E-state index in [2.05, 4.69) is 32.5 Å². The zero-order valence-electron chi connectivity index (χ0n) is 19.4. The number of nitrogens with zero attached hydrogens (tertiary/aromatic N) is 4. The van der Waals surface area contributed by atoms with Crippen molar-refractivity contribution < 1.29 is 22.6 Å². The van der Waals surface area contributed by atoms with Crippen LogP contribution in [-0.4, -0.2) is 40.2 Å². The summed E-state index contributed by atoms with van der Waals surface area (Å²) in [5.74, 6) is 1.78. The maximum atomic E-state index is 13.6. The molecule has 3 unspecified atom stereocenters. The number of alkyl halides is 3. The number of halogens is 3. The van der Waals surface area contributed by atoms with E-state index in [0.717, 1.165) is 29.5 Å². The molecule has 1 N–H and O–H groups in total. The largest absolute Gasteiger partial charge is 0.501 e. The summed E-state index contributed by atoms with van der Waals surface area (Å²) in [6.07, 6.45) is 4.00. The summed E-state index contributed by atoms with van der Waals surface area (Å²) in [7, 11) is 1.66. The van der Waals surface area contributed by atoms with Crippen molar-refractivity contribution in [1.29, 1.82) is 0 Å². The molecule has 3 aliphatic rings. The Kier molecular flexibility index (Phi) is 6.22. The summed E-state index contributed by atoms with van der Waals surface area (Å²) in [6.45, 7) is 2.67. The smallest absolute Gasteiger partial charge is 0.416 e. The van der Waals surface area contributed by atoms with Gasteiger partial charge in [0.25, 0.3) is 0 Å². The Morgan fingerprint density at radius 3 is 2.77 bits per heavy atom. The van der Waals surface area contributed by atoms with Crippen molar-refractivity contribution in [3.8, 4) is 0 Å². The molecule has 1 aromatic heterocycles. The van der Waals surface area contributed by atoms with Crippen LogP contribution in [0, 0.1) is 5.92 Å². The summed E-state index contributed by atoms with van der Waals surface area (Å²) in [5.41, 5.74) is 1.49. The number of allylic oxidation sites excluding steroid dienone is 3. The van der Waals surface area contributed by atoms with E-state index < -0.39 is 17.8 Å². The summed E-state index contributed by atoms with van der Waals surface area (Å²) >= 11 is 0. The normalized spacial score (nSPS) is 24.3. The third-order valence-electron chi connectivity index (χ3n) is 6.40. The fourth-order valence-electron chi connectivity index (χ4n) is 4.74. The highest BCUT2D eigenvalue weighted by molar-refractivity contribution is 5.84. The van der Waals surface area contributed by atoms with Gasteiger partial charge >= 0.3 is 6.18 Å². The van der Waals surface area contributed by atoms with Crippen LogP contribution in [-0.2, 0) is 22.2 Å². The van der Waals surface area contributed by atoms with Crippen LogP contribution in [0.1, 0.15) is 42.8 Å². The third-order valence-corrected chi connectivity index (χ3v) is 6.40. The van der Waals surface area contributed by atoms with Gasteiger partial charge in [0.2, 0.25) is 5.95 Å². The number of anilines is 1. The van der Waals surface area contributed by atoms with Crippen LogP contribution in [0.4, 0.5) is 19.1 Å². The maximum absolute atomic E-state index is 13.6. The number of hydrogen-bond donors (Lipinski definition) is 1. The molecule has 0 amide bonds. The van der Waals surface area contributed by atoms with Crippen LogP contribution in [0.5, 0.6) is 0 Å². The van der Waals surface area contributed by atoms with Crippen LogP contribution in [0.25, 0.3) is 0 Å². The summed E-state index contributed by atoms with van der Waals surface area (Å²) in [5, 5.41) is 7.79. The van der Waals surface area contributed by atoms with Gasteiger partial charge in [-0.2, -0.15) is 18.2 Å². The number of methoxy groups -OCH3 is 1. The highest BCUT2D eigenvalue weighted by atomic mass is 19.4. The average molecular weight is 486 g/mol. The van der Waals surface area contributed by atoms with Crippen molar-refractivity contribution in [3.63, 3.8) is 0 Å². The Labute approximate surface area is 201 Å².